The number of carbonyl (C=O) groups excluding carboxylic acids is 2. The van der Waals surface area contributed by atoms with Crippen molar-refractivity contribution in [1.82, 2.24) is 16.0 Å². The van der Waals surface area contributed by atoms with Gasteiger partial charge in [-0.25, -0.2) is 0 Å². The maximum absolute atomic E-state index is 12.5. The van der Waals surface area contributed by atoms with Crippen molar-refractivity contribution in [3.05, 3.63) is 29.8 Å². The summed E-state index contributed by atoms with van der Waals surface area (Å²) in [6.45, 7) is 6.51. The smallest absolute Gasteiger partial charge is 0.246 e. The van der Waals surface area contributed by atoms with Gasteiger partial charge in [0, 0.05) is 18.3 Å². The Bertz CT molecular complexity index is 582. The number of rotatable bonds is 9. The first-order valence-corrected chi connectivity index (χ1v) is 9.01. The van der Waals surface area contributed by atoms with Crippen molar-refractivity contribution in [1.29, 1.82) is 0 Å². The van der Waals surface area contributed by atoms with E-state index in [-0.39, 0.29) is 23.8 Å². The molecule has 6 nitrogen and oxygen atoms in total. The fourth-order valence-corrected chi connectivity index (χ4v) is 2.60. The standard InChI is InChI=1S/C19H30N4O2/c1-12(2)17(22-15-9-10-15)19(25)21-13(3)18(24)23-16-7-5-14(6-8-16)11-20-4/h5-8,12-13,15,17,20,22H,9-11H2,1-4H3,(H,21,25)(H,23,24)/t13-,17-/m0/s1. The Labute approximate surface area is 150 Å². The maximum Gasteiger partial charge on any atom is 0.246 e. The van der Waals surface area contributed by atoms with Crippen LogP contribution < -0.4 is 21.3 Å². The minimum Gasteiger partial charge on any atom is -0.343 e. The number of anilines is 1. The highest BCUT2D eigenvalue weighted by Gasteiger charge is 2.31. The molecule has 2 amide bonds. The van der Waals surface area contributed by atoms with Gasteiger partial charge in [0.1, 0.15) is 6.04 Å². The van der Waals surface area contributed by atoms with E-state index in [4.69, 9.17) is 0 Å². The Balaban J connectivity index is 1.86. The van der Waals surface area contributed by atoms with Gasteiger partial charge in [-0.15, -0.1) is 0 Å². The maximum atomic E-state index is 12.5. The lowest BCUT2D eigenvalue weighted by molar-refractivity contribution is -0.128. The molecule has 138 valence electrons. The van der Waals surface area contributed by atoms with Crippen LogP contribution in [0.3, 0.4) is 0 Å². The Morgan fingerprint density at radius 1 is 1.08 bits per heavy atom. The number of carbonyl (C=O) groups is 2. The third-order valence-corrected chi connectivity index (χ3v) is 4.30. The molecule has 1 aromatic carbocycles. The van der Waals surface area contributed by atoms with Crippen molar-refractivity contribution >= 4 is 17.5 Å². The highest BCUT2D eigenvalue weighted by molar-refractivity contribution is 5.97. The second-order valence-electron chi connectivity index (χ2n) is 7.11. The number of hydrogen-bond acceptors (Lipinski definition) is 4. The van der Waals surface area contributed by atoms with Crippen LogP contribution in [0.5, 0.6) is 0 Å². The molecule has 0 unspecified atom stereocenters. The molecule has 4 N–H and O–H groups in total. The average molecular weight is 346 g/mol. The van der Waals surface area contributed by atoms with Crippen LogP contribution in [0.4, 0.5) is 5.69 Å². The predicted molar refractivity (Wildman–Crippen MR) is 100 cm³/mol. The van der Waals surface area contributed by atoms with E-state index in [1.54, 1.807) is 6.92 Å². The van der Waals surface area contributed by atoms with Crippen LogP contribution in [0.2, 0.25) is 0 Å². The van der Waals surface area contributed by atoms with Gasteiger partial charge in [0.15, 0.2) is 0 Å². The monoisotopic (exact) mass is 346 g/mol. The van der Waals surface area contributed by atoms with Crippen LogP contribution in [0.15, 0.2) is 24.3 Å². The van der Waals surface area contributed by atoms with Crippen LogP contribution in [-0.4, -0.2) is 37.0 Å². The first kappa shape index (κ1) is 19.4. The van der Waals surface area contributed by atoms with E-state index >= 15 is 0 Å². The van der Waals surface area contributed by atoms with Crippen LogP contribution in [0, 0.1) is 5.92 Å². The molecule has 0 spiro atoms. The third-order valence-electron chi connectivity index (χ3n) is 4.30. The van der Waals surface area contributed by atoms with E-state index in [9.17, 15) is 9.59 Å². The van der Waals surface area contributed by atoms with E-state index in [2.05, 4.69) is 21.3 Å². The minimum absolute atomic E-state index is 0.117. The second kappa shape index (κ2) is 8.97. The number of hydrogen-bond donors (Lipinski definition) is 4. The molecule has 0 radical (unpaired) electrons. The molecule has 25 heavy (non-hydrogen) atoms. The molecule has 0 aromatic heterocycles. The normalized spacial score (nSPS) is 16.4. The molecule has 0 aliphatic heterocycles. The van der Waals surface area contributed by atoms with Gasteiger partial charge in [-0.3, -0.25) is 9.59 Å². The van der Waals surface area contributed by atoms with E-state index < -0.39 is 6.04 Å². The number of amides is 2. The molecular formula is C19H30N4O2. The zero-order chi connectivity index (χ0) is 18.4. The predicted octanol–water partition coefficient (Wildman–Crippen LogP) is 1.63. The number of nitrogens with one attached hydrogen (secondary N) is 4. The van der Waals surface area contributed by atoms with Crippen LogP contribution >= 0.6 is 0 Å². The summed E-state index contributed by atoms with van der Waals surface area (Å²) >= 11 is 0. The summed E-state index contributed by atoms with van der Waals surface area (Å²) in [5, 5.41) is 12.1. The zero-order valence-corrected chi connectivity index (χ0v) is 15.6. The highest BCUT2D eigenvalue weighted by Crippen LogP contribution is 2.21. The summed E-state index contributed by atoms with van der Waals surface area (Å²) in [6, 6.07) is 7.25. The van der Waals surface area contributed by atoms with Gasteiger partial charge >= 0.3 is 0 Å². The first-order valence-electron chi connectivity index (χ1n) is 9.01. The Morgan fingerprint density at radius 3 is 2.24 bits per heavy atom. The summed E-state index contributed by atoms with van der Waals surface area (Å²) in [6.07, 6.45) is 2.24. The van der Waals surface area contributed by atoms with Gasteiger partial charge < -0.3 is 21.3 Å². The van der Waals surface area contributed by atoms with E-state index in [0.717, 1.165) is 30.6 Å². The fourth-order valence-electron chi connectivity index (χ4n) is 2.60. The molecule has 0 bridgehead atoms. The second-order valence-corrected chi connectivity index (χ2v) is 7.11. The number of benzene rings is 1. The summed E-state index contributed by atoms with van der Waals surface area (Å²) in [7, 11) is 1.89. The fraction of sp³-hybridized carbons (Fsp3) is 0.579. The van der Waals surface area contributed by atoms with E-state index in [0.29, 0.717) is 6.04 Å². The molecule has 1 saturated carbocycles. The third kappa shape index (κ3) is 6.14. The lowest BCUT2D eigenvalue weighted by Crippen LogP contribution is -2.52. The first-order chi connectivity index (χ1) is 11.9. The van der Waals surface area contributed by atoms with Crippen molar-refractivity contribution in [2.45, 2.75) is 58.3 Å². The average Bonchev–Trinajstić information content (AvgIpc) is 3.38. The molecule has 0 saturated heterocycles. The van der Waals surface area contributed by atoms with Gasteiger partial charge in [-0.2, -0.15) is 0 Å². The SMILES string of the molecule is CNCc1ccc(NC(=O)[C@H](C)NC(=O)[C@@H](NC2CC2)C(C)C)cc1. The summed E-state index contributed by atoms with van der Waals surface area (Å²) in [5.74, 6) is -0.159. The van der Waals surface area contributed by atoms with Gasteiger partial charge in [-0.1, -0.05) is 26.0 Å². The summed E-state index contributed by atoms with van der Waals surface area (Å²) < 4.78 is 0. The Kier molecular flexibility index (Phi) is 6.96. The highest BCUT2D eigenvalue weighted by atomic mass is 16.2. The van der Waals surface area contributed by atoms with Crippen molar-refractivity contribution in [2.24, 2.45) is 5.92 Å². The molecule has 2 rings (SSSR count). The van der Waals surface area contributed by atoms with Crippen LogP contribution in [0.25, 0.3) is 0 Å². The Hall–Kier alpha value is -1.92. The van der Waals surface area contributed by atoms with Crippen molar-refractivity contribution < 1.29 is 9.59 Å². The molecule has 1 aliphatic carbocycles. The lowest BCUT2D eigenvalue weighted by Gasteiger charge is -2.23. The quantitative estimate of drug-likeness (QED) is 0.548. The van der Waals surface area contributed by atoms with E-state index in [1.807, 2.05) is 45.2 Å². The molecule has 1 aliphatic rings. The molecule has 6 heteroatoms. The topological polar surface area (TPSA) is 82.3 Å². The molecule has 0 heterocycles. The van der Waals surface area contributed by atoms with Gasteiger partial charge in [0.25, 0.3) is 0 Å². The molecule has 1 fully saturated rings. The molecule has 1 aromatic rings. The van der Waals surface area contributed by atoms with Crippen molar-refractivity contribution in [3.8, 4) is 0 Å². The van der Waals surface area contributed by atoms with Crippen LogP contribution in [0.1, 0.15) is 39.2 Å². The molecular weight excluding hydrogens is 316 g/mol. The van der Waals surface area contributed by atoms with Gasteiger partial charge in [0.05, 0.1) is 6.04 Å². The van der Waals surface area contributed by atoms with Gasteiger partial charge in [0.2, 0.25) is 11.8 Å². The lowest BCUT2D eigenvalue weighted by atomic mass is 10.0. The summed E-state index contributed by atoms with van der Waals surface area (Å²) in [5.41, 5.74) is 1.87. The van der Waals surface area contributed by atoms with Crippen molar-refractivity contribution in [2.75, 3.05) is 12.4 Å². The summed E-state index contributed by atoms with van der Waals surface area (Å²) in [4.78, 5) is 24.8. The minimum atomic E-state index is -0.591. The van der Waals surface area contributed by atoms with Crippen LogP contribution in [-0.2, 0) is 16.1 Å². The Morgan fingerprint density at radius 2 is 1.72 bits per heavy atom. The zero-order valence-electron chi connectivity index (χ0n) is 15.6. The van der Waals surface area contributed by atoms with Crippen molar-refractivity contribution in [3.63, 3.8) is 0 Å². The largest absolute Gasteiger partial charge is 0.343 e. The van der Waals surface area contributed by atoms with E-state index in [1.165, 1.54) is 0 Å². The van der Waals surface area contributed by atoms with Gasteiger partial charge in [-0.05, 0) is 50.4 Å². The molecule has 2 atom stereocenters.